The van der Waals surface area contributed by atoms with Crippen LogP contribution in [0.25, 0.3) is 11.0 Å². The number of nitrogens with zero attached hydrogens (tertiary/aromatic N) is 2. The van der Waals surface area contributed by atoms with Crippen molar-refractivity contribution < 1.29 is 22.3 Å². The summed E-state index contributed by atoms with van der Waals surface area (Å²) in [5.41, 5.74) is 0.819. The lowest BCUT2D eigenvalue weighted by Crippen LogP contribution is -2.11. The Morgan fingerprint density at radius 2 is 1.96 bits per heavy atom. The van der Waals surface area contributed by atoms with Gasteiger partial charge in [-0.25, -0.2) is 13.8 Å². The van der Waals surface area contributed by atoms with Crippen LogP contribution in [0.5, 0.6) is 5.75 Å². The Morgan fingerprint density at radius 3 is 2.72 bits per heavy atom. The largest absolute Gasteiger partial charge is 0.434 e. The maximum Gasteiger partial charge on any atom is 0.387 e. The van der Waals surface area contributed by atoms with Crippen molar-refractivity contribution in [3.8, 4) is 5.75 Å². The van der Waals surface area contributed by atoms with Gasteiger partial charge in [-0.3, -0.25) is 0 Å². The Hall–Kier alpha value is -2.09. The molecule has 130 valence electrons. The average Bonchev–Trinajstić information content (AvgIpc) is 3.09. The smallest absolute Gasteiger partial charge is 0.387 e. The molecule has 2 atom stereocenters. The second-order valence-corrected chi connectivity index (χ2v) is 6.56. The maximum atomic E-state index is 14.6. The molecule has 0 radical (unpaired) electrons. The third-order valence-electron chi connectivity index (χ3n) is 4.29. The second kappa shape index (κ2) is 6.01. The van der Waals surface area contributed by atoms with E-state index in [0.29, 0.717) is 11.1 Å². The summed E-state index contributed by atoms with van der Waals surface area (Å²) < 4.78 is 60.7. The summed E-state index contributed by atoms with van der Waals surface area (Å²) in [6.45, 7) is -3.01. The lowest BCUT2D eigenvalue weighted by Gasteiger charge is -2.18. The summed E-state index contributed by atoms with van der Waals surface area (Å²) in [6.07, 6.45) is -1.44. The fourth-order valence-corrected chi connectivity index (χ4v) is 3.63. The highest BCUT2D eigenvalue weighted by Gasteiger charge is 2.37. The Kier molecular flexibility index (Phi) is 3.94. The number of fused-ring (bicyclic) bond motifs is 3. The number of halogens is 5. The van der Waals surface area contributed by atoms with E-state index in [1.165, 1.54) is 16.7 Å². The molecule has 0 amide bonds. The molecule has 2 aromatic carbocycles. The zero-order valence-electron chi connectivity index (χ0n) is 12.6. The summed E-state index contributed by atoms with van der Waals surface area (Å²) in [5, 5.41) is 0. The van der Waals surface area contributed by atoms with Crippen molar-refractivity contribution in [3.63, 3.8) is 0 Å². The number of hydrogen-bond donors (Lipinski definition) is 0. The van der Waals surface area contributed by atoms with Crippen LogP contribution >= 0.6 is 15.9 Å². The first-order chi connectivity index (χ1) is 12.0. The van der Waals surface area contributed by atoms with E-state index in [4.69, 9.17) is 0 Å². The van der Waals surface area contributed by atoms with Gasteiger partial charge in [0.05, 0.1) is 16.0 Å². The van der Waals surface area contributed by atoms with Crippen LogP contribution in [0.3, 0.4) is 0 Å². The number of hydrogen-bond acceptors (Lipinski definition) is 2. The number of alkyl halides is 3. The lowest BCUT2D eigenvalue weighted by molar-refractivity contribution is -0.0507. The molecule has 0 saturated carbocycles. The highest BCUT2D eigenvalue weighted by molar-refractivity contribution is 9.10. The normalized spacial score (nSPS) is 19.6. The minimum atomic E-state index is -3.01. The molecule has 1 aliphatic rings. The first-order valence-corrected chi connectivity index (χ1v) is 8.30. The van der Waals surface area contributed by atoms with Gasteiger partial charge in [0.15, 0.2) is 12.0 Å². The summed E-state index contributed by atoms with van der Waals surface area (Å²) in [7, 11) is 0. The van der Waals surface area contributed by atoms with Crippen molar-refractivity contribution in [1.29, 1.82) is 0 Å². The van der Waals surface area contributed by atoms with Crippen LogP contribution < -0.4 is 4.74 Å². The Balaban J connectivity index is 1.93. The number of rotatable bonds is 3. The van der Waals surface area contributed by atoms with Gasteiger partial charge in [-0.15, -0.1) is 0 Å². The number of imidazole rings is 1. The van der Waals surface area contributed by atoms with Crippen molar-refractivity contribution in [2.75, 3.05) is 0 Å². The monoisotopic (exact) mass is 414 g/mol. The van der Waals surface area contributed by atoms with Crippen LogP contribution in [0.15, 0.2) is 40.9 Å². The first kappa shape index (κ1) is 16.4. The highest BCUT2D eigenvalue weighted by atomic mass is 79.9. The molecule has 1 aromatic heterocycles. The predicted molar refractivity (Wildman–Crippen MR) is 87.1 cm³/mol. The van der Waals surface area contributed by atoms with E-state index in [1.54, 1.807) is 24.3 Å². The van der Waals surface area contributed by atoms with Crippen LogP contribution in [0, 0.1) is 5.82 Å². The molecular formula is C17H11BrF4N2O. The van der Waals surface area contributed by atoms with Gasteiger partial charge in [-0.2, -0.15) is 8.78 Å². The predicted octanol–water partition coefficient (Wildman–Crippen LogP) is 5.54. The fraction of sp³-hybridized carbons (Fsp3) is 0.235. The molecule has 0 saturated heterocycles. The Bertz CT molecular complexity index is 959. The SMILES string of the molecule is Fc1c(Br)ccc2nc3n(c12)[C@@H](c1ccccc1OC(F)F)C[C@@H]3F. The van der Waals surface area contributed by atoms with Gasteiger partial charge in [0, 0.05) is 12.0 Å². The van der Waals surface area contributed by atoms with Crippen LogP contribution in [0.1, 0.15) is 30.0 Å². The number of para-hydroxylation sites is 1. The van der Waals surface area contributed by atoms with E-state index in [2.05, 4.69) is 25.7 Å². The molecule has 4 rings (SSSR count). The van der Waals surface area contributed by atoms with E-state index >= 15 is 0 Å². The number of ether oxygens (including phenoxy) is 1. The molecule has 0 bridgehead atoms. The zero-order valence-corrected chi connectivity index (χ0v) is 14.2. The van der Waals surface area contributed by atoms with E-state index in [1.807, 2.05) is 0 Å². The first-order valence-electron chi connectivity index (χ1n) is 7.51. The molecule has 0 aliphatic carbocycles. The average molecular weight is 415 g/mol. The molecule has 0 N–H and O–H groups in total. The van der Waals surface area contributed by atoms with E-state index in [9.17, 15) is 17.6 Å². The Labute approximate surface area is 148 Å². The molecule has 2 heterocycles. The minimum absolute atomic E-state index is 0.0200. The number of aromatic nitrogens is 2. The Morgan fingerprint density at radius 1 is 1.20 bits per heavy atom. The topological polar surface area (TPSA) is 27.1 Å². The lowest BCUT2D eigenvalue weighted by atomic mass is 10.0. The van der Waals surface area contributed by atoms with Gasteiger partial charge in [0.2, 0.25) is 0 Å². The molecule has 0 fully saturated rings. The summed E-state index contributed by atoms with van der Waals surface area (Å²) >= 11 is 3.11. The van der Waals surface area contributed by atoms with E-state index in [0.717, 1.165) is 0 Å². The quantitative estimate of drug-likeness (QED) is 0.525. The van der Waals surface area contributed by atoms with Gasteiger partial charge in [-0.05, 0) is 34.1 Å². The van der Waals surface area contributed by atoms with Crippen LogP contribution in [0.4, 0.5) is 17.6 Å². The molecule has 3 nitrogen and oxygen atoms in total. The fourth-order valence-electron chi connectivity index (χ4n) is 3.31. The van der Waals surface area contributed by atoms with E-state index < -0.39 is 24.6 Å². The maximum absolute atomic E-state index is 14.6. The van der Waals surface area contributed by atoms with Crippen molar-refractivity contribution in [3.05, 3.63) is 58.1 Å². The van der Waals surface area contributed by atoms with Crippen LogP contribution in [-0.4, -0.2) is 16.2 Å². The molecule has 0 unspecified atom stereocenters. The summed E-state index contributed by atoms with van der Waals surface area (Å²) in [4.78, 5) is 4.18. The highest BCUT2D eigenvalue weighted by Crippen LogP contribution is 2.46. The van der Waals surface area contributed by atoms with Gasteiger partial charge in [0.1, 0.15) is 17.1 Å². The van der Waals surface area contributed by atoms with Crippen molar-refractivity contribution in [1.82, 2.24) is 9.55 Å². The van der Waals surface area contributed by atoms with Crippen molar-refractivity contribution >= 4 is 27.0 Å². The number of benzene rings is 2. The third-order valence-corrected chi connectivity index (χ3v) is 4.90. The van der Waals surface area contributed by atoms with Crippen LogP contribution in [0.2, 0.25) is 0 Å². The molecule has 1 aliphatic heterocycles. The molecule has 3 aromatic rings. The standard InChI is InChI=1S/C17H11BrF4N2O/c18-9-5-6-11-15(14(9)20)24-12(7-10(19)16(24)23-11)8-3-1-2-4-13(8)25-17(21)22/h1-6,10,12,17H,7H2/t10-,12+/m0/s1. The van der Waals surface area contributed by atoms with Crippen LogP contribution in [-0.2, 0) is 0 Å². The minimum Gasteiger partial charge on any atom is -0.434 e. The molecule has 0 spiro atoms. The molecular weight excluding hydrogens is 404 g/mol. The molecule has 8 heteroatoms. The summed E-state index contributed by atoms with van der Waals surface area (Å²) in [5.74, 6) is -0.536. The molecule has 25 heavy (non-hydrogen) atoms. The van der Waals surface area contributed by atoms with Gasteiger partial charge in [0.25, 0.3) is 0 Å². The van der Waals surface area contributed by atoms with E-state index in [-0.39, 0.29) is 28.0 Å². The summed E-state index contributed by atoms with van der Waals surface area (Å²) in [6, 6.07) is 8.55. The van der Waals surface area contributed by atoms with Crippen molar-refractivity contribution in [2.45, 2.75) is 25.2 Å². The van der Waals surface area contributed by atoms with Gasteiger partial charge < -0.3 is 9.30 Å². The van der Waals surface area contributed by atoms with Gasteiger partial charge in [-0.1, -0.05) is 18.2 Å². The third kappa shape index (κ3) is 2.59. The van der Waals surface area contributed by atoms with Gasteiger partial charge >= 0.3 is 6.61 Å². The zero-order chi connectivity index (χ0) is 17.7. The second-order valence-electron chi connectivity index (χ2n) is 5.70. The van der Waals surface area contributed by atoms with Crippen molar-refractivity contribution in [2.24, 2.45) is 0 Å².